The number of fused-ring (bicyclic) bond motifs is 1. The van der Waals surface area contributed by atoms with Gasteiger partial charge in [-0.2, -0.15) is 0 Å². The number of carbonyl (C=O) groups excluding carboxylic acids is 1. The molecule has 6 heteroatoms. The second kappa shape index (κ2) is 5.69. The van der Waals surface area contributed by atoms with Crippen LogP contribution >= 0.6 is 11.3 Å². The summed E-state index contributed by atoms with van der Waals surface area (Å²) in [5.74, 6) is 2.16. The van der Waals surface area contributed by atoms with Crippen molar-refractivity contribution in [3.63, 3.8) is 0 Å². The second-order valence-corrected chi connectivity index (χ2v) is 8.29. The molecule has 1 atom stereocenters. The molecule has 0 aromatic carbocycles. The van der Waals surface area contributed by atoms with Crippen molar-refractivity contribution >= 4 is 33.3 Å². The lowest BCUT2D eigenvalue weighted by molar-refractivity contribution is -0.147. The van der Waals surface area contributed by atoms with Crippen LogP contribution in [0.2, 0.25) is 0 Å². The van der Waals surface area contributed by atoms with E-state index in [2.05, 4.69) is 40.1 Å². The summed E-state index contributed by atoms with van der Waals surface area (Å²) >= 11 is 1.69. The molecular formula is C18H24N4OS. The summed E-state index contributed by atoms with van der Waals surface area (Å²) in [7, 11) is 0. The number of anilines is 1. The fourth-order valence-electron chi connectivity index (χ4n) is 4.20. The van der Waals surface area contributed by atoms with Crippen LogP contribution < -0.4 is 4.90 Å². The van der Waals surface area contributed by atoms with Gasteiger partial charge in [-0.05, 0) is 51.5 Å². The number of aromatic nitrogens is 2. The van der Waals surface area contributed by atoms with Crippen LogP contribution in [0.1, 0.15) is 38.9 Å². The van der Waals surface area contributed by atoms with Crippen molar-refractivity contribution < 1.29 is 4.79 Å². The van der Waals surface area contributed by atoms with Gasteiger partial charge in [0.15, 0.2) is 0 Å². The smallest absolute Gasteiger partial charge is 0.230 e. The van der Waals surface area contributed by atoms with Crippen molar-refractivity contribution in [1.29, 1.82) is 0 Å². The van der Waals surface area contributed by atoms with Crippen molar-refractivity contribution in [2.75, 3.05) is 24.5 Å². The van der Waals surface area contributed by atoms with Crippen LogP contribution in [-0.2, 0) is 4.79 Å². The Balaban J connectivity index is 1.66. The highest BCUT2D eigenvalue weighted by molar-refractivity contribution is 7.17. The lowest BCUT2D eigenvalue weighted by atomic mass is 9.78. The van der Waals surface area contributed by atoms with E-state index in [9.17, 15) is 4.79 Å². The molecule has 24 heavy (non-hydrogen) atoms. The molecule has 128 valence electrons. The number of hydrogen-bond donors (Lipinski definition) is 0. The predicted molar refractivity (Wildman–Crippen MR) is 97.5 cm³/mol. The summed E-state index contributed by atoms with van der Waals surface area (Å²) in [6.45, 7) is 8.78. The van der Waals surface area contributed by atoms with Gasteiger partial charge in [-0.3, -0.25) is 4.79 Å². The Kier molecular flexibility index (Phi) is 3.75. The molecule has 0 saturated carbocycles. The van der Waals surface area contributed by atoms with Gasteiger partial charge >= 0.3 is 0 Å². The third-order valence-electron chi connectivity index (χ3n) is 5.44. The quantitative estimate of drug-likeness (QED) is 0.839. The molecule has 0 aliphatic carbocycles. The van der Waals surface area contributed by atoms with E-state index in [0.29, 0.717) is 5.91 Å². The molecular weight excluding hydrogens is 320 g/mol. The summed E-state index contributed by atoms with van der Waals surface area (Å²) in [5, 5.41) is 2.07. The van der Waals surface area contributed by atoms with Crippen molar-refractivity contribution in [3.05, 3.63) is 17.3 Å². The van der Waals surface area contributed by atoms with Crippen LogP contribution in [0.3, 0.4) is 0 Å². The molecule has 2 fully saturated rings. The number of rotatable bonds is 2. The Morgan fingerprint density at radius 1 is 1.25 bits per heavy atom. The molecule has 5 nitrogen and oxygen atoms in total. The minimum atomic E-state index is -0.217. The number of thiophene rings is 1. The average Bonchev–Trinajstić information content (AvgIpc) is 3.16. The summed E-state index contributed by atoms with van der Waals surface area (Å²) in [4.78, 5) is 26.7. The van der Waals surface area contributed by atoms with Crippen LogP contribution in [0.4, 0.5) is 5.82 Å². The zero-order chi connectivity index (χ0) is 16.9. The van der Waals surface area contributed by atoms with Crippen LogP contribution in [0.5, 0.6) is 0 Å². The van der Waals surface area contributed by atoms with E-state index in [4.69, 9.17) is 4.98 Å². The number of amides is 1. The summed E-state index contributed by atoms with van der Waals surface area (Å²) in [6.07, 6.45) is 3.04. The maximum atomic E-state index is 13.1. The Morgan fingerprint density at radius 2 is 2.08 bits per heavy atom. The molecule has 2 aliphatic heterocycles. The van der Waals surface area contributed by atoms with E-state index in [1.54, 1.807) is 11.3 Å². The van der Waals surface area contributed by atoms with Gasteiger partial charge < -0.3 is 9.80 Å². The highest BCUT2D eigenvalue weighted by atomic mass is 32.1. The highest BCUT2D eigenvalue weighted by Gasteiger charge is 2.49. The fraction of sp³-hybridized carbons (Fsp3) is 0.611. The van der Waals surface area contributed by atoms with E-state index >= 15 is 0 Å². The first-order valence-electron chi connectivity index (χ1n) is 8.78. The van der Waals surface area contributed by atoms with E-state index in [0.717, 1.165) is 60.8 Å². The minimum absolute atomic E-state index is 0.217. The number of likely N-dealkylation sites (tertiary alicyclic amines) is 1. The third-order valence-corrected chi connectivity index (χ3v) is 6.34. The van der Waals surface area contributed by atoms with Crippen molar-refractivity contribution in [2.45, 2.75) is 46.1 Å². The lowest BCUT2D eigenvalue weighted by Gasteiger charge is -2.41. The molecule has 1 spiro atoms. The zero-order valence-electron chi connectivity index (χ0n) is 14.6. The maximum absolute atomic E-state index is 13.1. The monoisotopic (exact) mass is 344 g/mol. The topological polar surface area (TPSA) is 49.3 Å². The number of aryl methyl sites for hydroxylation is 1. The molecule has 0 N–H and O–H groups in total. The molecule has 0 bridgehead atoms. The Hall–Kier alpha value is -1.69. The van der Waals surface area contributed by atoms with E-state index in [1.165, 1.54) is 0 Å². The molecule has 2 saturated heterocycles. The van der Waals surface area contributed by atoms with Gasteiger partial charge in [-0.1, -0.05) is 0 Å². The summed E-state index contributed by atoms with van der Waals surface area (Å²) in [5.41, 5.74) is 0.799. The molecule has 1 amide bonds. The van der Waals surface area contributed by atoms with Crippen LogP contribution in [0, 0.1) is 12.3 Å². The predicted octanol–water partition coefficient (Wildman–Crippen LogP) is 3.23. The Labute approximate surface area is 146 Å². The highest BCUT2D eigenvalue weighted by Crippen LogP contribution is 2.43. The van der Waals surface area contributed by atoms with Gasteiger partial charge in [0.25, 0.3) is 0 Å². The molecule has 2 aromatic heterocycles. The van der Waals surface area contributed by atoms with Gasteiger partial charge in [-0.15, -0.1) is 11.3 Å². The third kappa shape index (κ3) is 2.39. The molecule has 2 aliphatic rings. The van der Waals surface area contributed by atoms with Gasteiger partial charge in [0.2, 0.25) is 5.91 Å². The SMILES string of the molecule is Cc1nc(N2CC[C@@]3(CCCN(C(C)C)C3=O)C2)c2sccc2n1. The Morgan fingerprint density at radius 3 is 2.88 bits per heavy atom. The summed E-state index contributed by atoms with van der Waals surface area (Å²) in [6, 6.07) is 2.34. The van der Waals surface area contributed by atoms with Gasteiger partial charge in [0, 0.05) is 25.7 Å². The van der Waals surface area contributed by atoms with E-state index in [-0.39, 0.29) is 11.5 Å². The fourth-order valence-corrected chi connectivity index (χ4v) is 5.05. The molecule has 4 rings (SSSR count). The normalized spacial score (nSPS) is 24.8. The van der Waals surface area contributed by atoms with Crippen molar-refractivity contribution in [2.24, 2.45) is 5.41 Å². The van der Waals surface area contributed by atoms with Crippen LogP contribution in [0.25, 0.3) is 10.2 Å². The molecule has 2 aromatic rings. The van der Waals surface area contributed by atoms with Gasteiger partial charge in [0.1, 0.15) is 11.6 Å². The Bertz CT molecular complexity index is 786. The largest absolute Gasteiger partial charge is 0.354 e. The first-order valence-corrected chi connectivity index (χ1v) is 9.66. The first-order chi connectivity index (χ1) is 11.5. The summed E-state index contributed by atoms with van der Waals surface area (Å²) < 4.78 is 1.14. The number of piperidine rings is 1. The molecule has 4 heterocycles. The van der Waals surface area contributed by atoms with E-state index < -0.39 is 0 Å². The minimum Gasteiger partial charge on any atom is -0.354 e. The zero-order valence-corrected chi connectivity index (χ0v) is 15.4. The maximum Gasteiger partial charge on any atom is 0.230 e. The molecule has 0 radical (unpaired) electrons. The second-order valence-electron chi connectivity index (χ2n) is 7.38. The van der Waals surface area contributed by atoms with Crippen molar-refractivity contribution in [3.8, 4) is 0 Å². The standard InChI is InChI=1S/C18H24N4OS/c1-12(2)22-8-4-6-18(17(22)23)7-9-21(11-18)16-15-14(5-10-24-15)19-13(3)20-16/h5,10,12H,4,6-9,11H2,1-3H3/t18-/m0/s1. The van der Waals surface area contributed by atoms with Crippen molar-refractivity contribution in [1.82, 2.24) is 14.9 Å². The first kappa shape index (κ1) is 15.8. The van der Waals surface area contributed by atoms with Gasteiger partial charge in [-0.25, -0.2) is 9.97 Å². The molecule has 0 unspecified atom stereocenters. The van der Waals surface area contributed by atoms with Crippen LogP contribution in [0.15, 0.2) is 11.4 Å². The number of nitrogens with zero attached hydrogens (tertiary/aromatic N) is 4. The van der Waals surface area contributed by atoms with E-state index in [1.807, 2.05) is 6.92 Å². The lowest BCUT2D eigenvalue weighted by Crippen LogP contribution is -2.52. The average molecular weight is 344 g/mol. The van der Waals surface area contributed by atoms with Gasteiger partial charge in [0.05, 0.1) is 15.6 Å². The number of hydrogen-bond acceptors (Lipinski definition) is 5. The number of carbonyl (C=O) groups is 1. The van der Waals surface area contributed by atoms with Crippen LogP contribution in [-0.4, -0.2) is 46.5 Å².